The Balaban J connectivity index is 2.01. The van der Waals surface area contributed by atoms with E-state index in [1.165, 1.54) is 0 Å². The van der Waals surface area contributed by atoms with Crippen LogP contribution in [0.2, 0.25) is 0 Å². The van der Waals surface area contributed by atoms with E-state index >= 15 is 0 Å². The third-order valence-corrected chi connectivity index (χ3v) is 3.26. The van der Waals surface area contributed by atoms with Crippen molar-refractivity contribution < 1.29 is 9.47 Å². The second kappa shape index (κ2) is 4.82. The van der Waals surface area contributed by atoms with Crippen LogP contribution in [0.25, 0.3) is 10.8 Å². The van der Waals surface area contributed by atoms with Crippen molar-refractivity contribution in [3.8, 4) is 5.75 Å². The molecule has 0 saturated carbocycles. The molecule has 1 fully saturated rings. The summed E-state index contributed by atoms with van der Waals surface area (Å²) in [4.78, 5) is 4.42. The molecule has 18 heavy (non-hydrogen) atoms. The molecule has 1 saturated heterocycles. The monoisotopic (exact) mass is 244 g/mol. The Morgan fingerprint density at radius 2 is 2.28 bits per heavy atom. The zero-order valence-corrected chi connectivity index (χ0v) is 10.3. The van der Waals surface area contributed by atoms with Gasteiger partial charge in [-0.05, 0) is 18.6 Å². The Bertz CT molecular complexity index is 550. The molecule has 3 rings (SSSR count). The van der Waals surface area contributed by atoms with Crippen molar-refractivity contribution in [2.75, 3.05) is 25.6 Å². The van der Waals surface area contributed by atoms with E-state index in [0.717, 1.165) is 42.0 Å². The van der Waals surface area contributed by atoms with Gasteiger partial charge in [-0.1, -0.05) is 12.1 Å². The summed E-state index contributed by atoms with van der Waals surface area (Å²) in [6.07, 6.45) is 2.84. The zero-order chi connectivity index (χ0) is 12.4. The van der Waals surface area contributed by atoms with Gasteiger partial charge in [0.2, 0.25) is 0 Å². The number of hydrogen-bond acceptors (Lipinski definition) is 4. The van der Waals surface area contributed by atoms with Gasteiger partial charge in [-0.15, -0.1) is 0 Å². The van der Waals surface area contributed by atoms with Crippen LogP contribution in [0, 0.1) is 0 Å². The van der Waals surface area contributed by atoms with Gasteiger partial charge in [-0.25, -0.2) is 4.98 Å². The van der Waals surface area contributed by atoms with E-state index in [0.29, 0.717) is 6.04 Å². The average Bonchev–Trinajstić information content (AvgIpc) is 2.91. The van der Waals surface area contributed by atoms with Crippen LogP contribution in [-0.4, -0.2) is 31.3 Å². The second-order valence-electron chi connectivity index (χ2n) is 4.42. The maximum Gasteiger partial charge on any atom is 0.134 e. The molecule has 4 heteroatoms. The lowest BCUT2D eigenvalue weighted by Crippen LogP contribution is -2.19. The Labute approximate surface area is 106 Å². The number of methoxy groups -OCH3 is 1. The summed E-state index contributed by atoms with van der Waals surface area (Å²) < 4.78 is 10.7. The third-order valence-electron chi connectivity index (χ3n) is 3.26. The Morgan fingerprint density at radius 3 is 3.06 bits per heavy atom. The molecule has 0 bridgehead atoms. The van der Waals surface area contributed by atoms with Crippen LogP contribution in [0.5, 0.6) is 5.75 Å². The predicted octanol–water partition coefficient (Wildman–Crippen LogP) is 2.44. The van der Waals surface area contributed by atoms with E-state index in [4.69, 9.17) is 9.47 Å². The van der Waals surface area contributed by atoms with Crippen LogP contribution in [0.4, 0.5) is 5.82 Å². The number of pyridine rings is 1. The number of fused-ring (bicyclic) bond motifs is 1. The first-order valence-electron chi connectivity index (χ1n) is 6.14. The summed E-state index contributed by atoms with van der Waals surface area (Å²) in [5, 5.41) is 5.61. The average molecular weight is 244 g/mol. The molecule has 0 radical (unpaired) electrons. The quantitative estimate of drug-likeness (QED) is 0.900. The van der Waals surface area contributed by atoms with Gasteiger partial charge in [0, 0.05) is 23.6 Å². The summed E-state index contributed by atoms with van der Waals surface area (Å²) in [6, 6.07) is 8.34. The summed E-state index contributed by atoms with van der Waals surface area (Å²) in [6.45, 7) is 1.58. The van der Waals surface area contributed by atoms with Gasteiger partial charge >= 0.3 is 0 Å². The molecule has 0 spiro atoms. The second-order valence-corrected chi connectivity index (χ2v) is 4.42. The summed E-state index contributed by atoms with van der Waals surface area (Å²) >= 11 is 0. The van der Waals surface area contributed by atoms with E-state index in [1.807, 2.05) is 24.4 Å². The fraction of sp³-hybridized carbons (Fsp3) is 0.357. The standard InChI is InChI=1S/C14H16N2O2/c1-17-13-4-2-3-12-11(13)5-7-15-14(12)16-10-6-8-18-9-10/h2-5,7,10H,6,8-9H2,1H3,(H,15,16). The van der Waals surface area contributed by atoms with Gasteiger partial charge in [0.1, 0.15) is 11.6 Å². The van der Waals surface area contributed by atoms with E-state index in [-0.39, 0.29) is 0 Å². The highest BCUT2D eigenvalue weighted by atomic mass is 16.5. The molecule has 1 N–H and O–H groups in total. The van der Waals surface area contributed by atoms with Crippen molar-refractivity contribution in [2.24, 2.45) is 0 Å². The SMILES string of the molecule is COc1cccc2c(NC3CCOC3)nccc12. The fourth-order valence-corrected chi connectivity index (χ4v) is 2.31. The molecule has 1 unspecified atom stereocenters. The molecule has 1 aromatic heterocycles. The molecule has 1 atom stereocenters. The number of benzene rings is 1. The number of nitrogens with one attached hydrogen (secondary N) is 1. The highest BCUT2D eigenvalue weighted by Crippen LogP contribution is 2.29. The molecule has 1 aliphatic rings. The molecule has 0 aliphatic carbocycles. The minimum absolute atomic E-state index is 0.356. The Kier molecular flexibility index (Phi) is 3.02. The van der Waals surface area contributed by atoms with Crippen LogP contribution in [0.3, 0.4) is 0 Å². The molecule has 2 aromatic rings. The molecule has 0 amide bonds. The molecule has 2 heterocycles. The third kappa shape index (κ3) is 1.99. The normalized spacial score (nSPS) is 19.1. The van der Waals surface area contributed by atoms with Crippen LogP contribution in [0.1, 0.15) is 6.42 Å². The summed E-state index contributed by atoms with van der Waals surface area (Å²) in [7, 11) is 1.69. The largest absolute Gasteiger partial charge is 0.496 e. The lowest BCUT2D eigenvalue weighted by Gasteiger charge is -2.14. The topological polar surface area (TPSA) is 43.4 Å². The lowest BCUT2D eigenvalue weighted by atomic mass is 10.1. The molecular formula is C14H16N2O2. The molecule has 1 aliphatic heterocycles. The number of hydrogen-bond donors (Lipinski definition) is 1. The summed E-state index contributed by atoms with van der Waals surface area (Å²) in [5.41, 5.74) is 0. The van der Waals surface area contributed by atoms with Crippen molar-refractivity contribution >= 4 is 16.6 Å². The van der Waals surface area contributed by atoms with Gasteiger partial charge in [-0.2, -0.15) is 0 Å². The fourth-order valence-electron chi connectivity index (χ4n) is 2.31. The van der Waals surface area contributed by atoms with Gasteiger partial charge in [-0.3, -0.25) is 0 Å². The van der Waals surface area contributed by atoms with Gasteiger partial charge in [0.25, 0.3) is 0 Å². The van der Waals surface area contributed by atoms with Crippen LogP contribution in [0.15, 0.2) is 30.5 Å². The van der Waals surface area contributed by atoms with Crippen LogP contribution < -0.4 is 10.1 Å². The first-order valence-corrected chi connectivity index (χ1v) is 6.14. The van der Waals surface area contributed by atoms with Crippen LogP contribution in [-0.2, 0) is 4.74 Å². The summed E-state index contributed by atoms with van der Waals surface area (Å²) in [5.74, 6) is 1.78. The molecule has 94 valence electrons. The number of nitrogens with zero attached hydrogens (tertiary/aromatic N) is 1. The van der Waals surface area contributed by atoms with Crippen LogP contribution >= 0.6 is 0 Å². The van der Waals surface area contributed by atoms with Crippen molar-refractivity contribution in [2.45, 2.75) is 12.5 Å². The smallest absolute Gasteiger partial charge is 0.134 e. The Morgan fingerprint density at radius 1 is 1.33 bits per heavy atom. The number of rotatable bonds is 3. The maximum atomic E-state index is 5.37. The first-order chi connectivity index (χ1) is 8.88. The number of aromatic nitrogens is 1. The predicted molar refractivity (Wildman–Crippen MR) is 71.1 cm³/mol. The first kappa shape index (κ1) is 11.3. The van der Waals surface area contributed by atoms with Gasteiger partial charge < -0.3 is 14.8 Å². The van der Waals surface area contributed by atoms with Crippen molar-refractivity contribution in [3.63, 3.8) is 0 Å². The maximum absolute atomic E-state index is 5.37. The molecule has 4 nitrogen and oxygen atoms in total. The van der Waals surface area contributed by atoms with Gasteiger partial charge in [0.15, 0.2) is 0 Å². The minimum atomic E-state index is 0.356. The Hall–Kier alpha value is -1.81. The highest BCUT2D eigenvalue weighted by Gasteiger charge is 2.17. The van der Waals surface area contributed by atoms with E-state index in [1.54, 1.807) is 7.11 Å². The molecular weight excluding hydrogens is 228 g/mol. The van der Waals surface area contributed by atoms with Crippen molar-refractivity contribution in [1.82, 2.24) is 4.98 Å². The number of ether oxygens (including phenoxy) is 2. The zero-order valence-electron chi connectivity index (χ0n) is 10.3. The van der Waals surface area contributed by atoms with Gasteiger partial charge in [0.05, 0.1) is 19.8 Å². The molecule has 1 aromatic carbocycles. The van der Waals surface area contributed by atoms with E-state index in [2.05, 4.69) is 16.4 Å². The van der Waals surface area contributed by atoms with Crippen molar-refractivity contribution in [1.29, 1.82) is 0 Å². The minimum Gasteiger partial charge on any atom is -0.496 e. The highest BCUT2D eigenvalue weighted by molar-refractivity contribution is 5.95. The van der Waals surface area contributed by atoms with E-state index < -0.39 is 0 Å². The van der Waals surface area contributed by atoms with E-state index in [9.17, 15) is 0 Å². The number of anilines is 1. The van der Waals surface area contributed by atoms with Crippen molar-refractivity contribution in [3.05, 3.63) is 30.5 Å². The lowest BCUT2D eigenvalue weighted by molar-refractivity contribution is 0.195.